The molecule has 0 fully saturated rings. The van der Waals surface area contributed by atoms with Crippen molar-refractivity contribution < 1.29 is 37.8 Å². The maximum absolute atomic E-state index is 7.56. The molecule has 2 nitrogen and oxygen atoms in total. The average Bonchev–Trinajstić information content (AvgIpc) is 0.811. The van der Waals surface area contributed by atoms with Crippen LogP contribution in [0.3, 0.4) is 0 Å². The number of thiocarbonyl (C=S) groups is 1. The van der Waals surface area contributed by atoms with Crippen molar-refractivity contribution in [1.29, 1.82) is 0 Å². The van der Waals surface area contributed by atoms with Crippen molar-refractivity contribution in [3.05, 3.63) is 0 Å². The smallest absolute Gasteiger partial charge is 0.251 e. The molecule has 0 saturated heterocycles. The Bertz CT molecular complexity index is 34.6. The molecule has 0 aromatic carbocycles. The van der Waals surface area contributed by atoms with E-state index in [1.54, 1.807) is 0 Å². The molecule has 0 heterocycles. The van der Waals surface area contributed by atoms with Gasteiger partial charge in [-0.25, -0.2) is 0 Å². The van der Waals surface area contributed by atoms with Crippen molar-refractivity contribution in [2.75, 3.05) is 0 Å². The summed E-state index contributed by atoms with van der Waals surface area (Å²) < 4.78 is 0. The second-order valence-electron chi connectivity index (χ2n) is 0.338. The van der Waals surface area contributed by atoms with Gasteiger partial charge in [0.1, 0.15) is 0 Å². The second-order valence-corrected chi connectivity index (χ2v) is 0.757. The van der Waals surface area contributed by atoms with Gasteiger partial charge in [0.25, 0.3) is 5.17 Å². The van der Waals surface area contributed by atoms with Crippen molar-refractivity contribution in [3.8, 4) is 0 Å². The third kappa shape index (κ3) is 59.4. The molecule has 1 radical (unpaired) electrons. The largest absolute Gasteiger partial charge is 0.487 e. The number of hydrogen-bond acceptors (Lipinski definition) is 1. The fourth-order valence-corrected chi connectivity index (χ4v) is 0. The topological polar surface area (TPSA) is 46.2 Å². The Morgan fingerprint density at radius 1 is 1.80 bits per heavy atom. The summed E-state index contributed by atoms with van der Waals surface area (Å²) in [7, 11) is 0. The molecule has 0 aromatic rings. The van der Waals surface area contributed by atoms with Crippen molar-refractivity contribution in [2.45, 2.75) is 0 Å². The molecular formula is CH3NOSY. The third-order valence-corrected chi connectivity index (χ3v) is 0. The molecule has 0 aliphatic heterocycles. The molecular weight excluding hydrogens is 163 g/mol. The Balaban J connectivity index is 0. The normalized spacial score (nSPS) is 4.80. The molecule has 0 spiro atoms. The van der Waals surface area contributed by atoms with E-state index in [0.29, 0.717) is 0 Å². The van der Waals surface area contributed by atoms with Gasteiger partial charge in [0.2, 0.25) is 0 Å². The third-order valence-electron chi connectivity index (χ3n) is 0. The van der Waals surface area contributed by atoms with Crippen LogP contribution in [0.25, 0.3) is 0 Å². The second kappa shape index (κ2) is 4.79. The number of hydrogen-bond donors (Lipinski definition) is 2. The van der Waals surface area contributed by atoms with Crippen LogP contribution in [0.5, 0.6) is 0 Å². The van der Waals surface area contributed by atoms with Gasteiger partial charge in [0, 0.05) is 32.7 Å². The van der Waals surface area contributed by atoms with E-state index < -0.39 is 5.17 Å². The summed E-state index contributed by atoms with van der Waals surface area (Å²) in [5.74, 6) is 0. The van der Waals surface area contributed by atoms with Gasteiger partial charge in [-0.1, -0.05) is 0 Å². The van der Waals surface area contributed by atoms with Gasteiger partial charge in [-0.05, 0) is 12.2 Å². The molecule has 3 N–H and O–H groups in total. The summed E-state index contributed by atoms with van der Waals surface area (Å²) >= 11 is 3.87. The Kier molecular flexibility index (Phi) is 8.87. The SMILES string of the molecule is NC(O)=S.[Y]. The van der Waals surface area contributed by atoms with Crippen LogP contribution < -0.4 is 5.73 Å². The van der Waals surface area contributed by atoms with E-state index in [-0.39, 0.29) is 32.7 Å². The molecule has 27 valence electrons. The number of nitrogens with two attached hydrogens (primary N) is 1. The van der Waals surface area contributed by atoms with Crippen LogP contribution in [0.2, 0.25) is 0 Å². The fraction of sp³-hybridized carbons (Fsp3) is 0. The van der Waals surface area contributed by atoms with Gasteiger partial charge in [-0.3, -0.25) is 0 Å². The van der Waals surface area contributed by atoms with Gasteiger partial charge < -0.3 is 10.8 Å². The van der Waals surface area contributed by atoms with E-state index >= 15 is 0 Å². The van der Waals surface area contributed by atoms with E-state index in [1.165, 1.54) is 0 Å². The van der Waals surface area contributed by atoms with Crippen LogP contribution in [0.4, 0.5) is 0 Å². The van der Waals surface area contributed by atoms with E-state index in [9.17, 15) is 0 Å². The summed E-state index contributed by atoms with van der Waals surface area (Å²) in [6.07, 6.45) is 0. The van der Waals surface area contributed by atoms with E-state index in [4.69, 9.17) is 5.11 Å². The first-order valence-electron chi connectivity index (χ1n) is 0.716. The molecule has 0 amide bonds. The van der Waals surface area contributed by atoms with Crippen molar-refractivity contribution in [3.63, 3.8) is 0 Å². The molecule has 4 heteroatoms. The Morgan fingerprint density at radius 3 is 1.80 bits per heavy atom. The van der Waals surface area contributed by atoms with E-state index in [0.717, 1.165) is 0 Å². The summed E-state index contributed by atoms with van der Waals surface area (Å²) in [5.41, 5.74) is 4.40. The first-order valence-corrected chi connectivity index (χ1v) is 1.12. The van der Waals surface area contributed by atoms with Gasteiger partial charge in [0.05, 0.1) is 0 Å². The Morgan fingerprint density at radius 2 is 1.80 bits per heavy atom. The Hall–Kier alpha value is 0.794. The molecule has 0 bridgehead atoms. The molecule has 0 rings (SSSR count). The van der Waals surface area contributed by atoms with Crippen molar-refractivity contribution >= 4 is 17.4 Å². The van der Waals surface area contributed by atoms with Crippen LogP contribution in [0.15, 0.2) is 0 Å². The van der Waals surface area contributed by atoms with Crippen molar-refractivity contribution in [1.82, 2.24) is 0 Å². The monoisotopic (exact) mass is 166 g/mol. The van der Waals surface area contributed by atoms with Gasteiger partial charge in [0.15, 0.2) is 0 Å². The predicted molar refractivity (Wildman–Crippen MR) is 19.4 cm³/mol. The van der Waals surface area contributed by atoms with E-state index in [1.807, 2.05) is 0 Å². The summed E-state index contributed by atoms with van der Waals surface area (Å²) in [4.78, 5) is 0. The Labute approximate surface area is 60.6 Å². The standard InChI is InChI=1S/CH3NOS.Y/c2-1(3)4;/h(H3,2,3,4);. The van der Waals surface area contributed by atoms with Gasteiger partial charge in [-0.2, -0.15) is 0 Å². The van der Waals surface area contributed by atoms with Gasteiger partial charge >= 0.3 is 0 Å². The van der Waals surface area contributed by atoms with E-state index in [2.05, 4.69) is 18.0 Å². The van der Waals surface area contributed by atoms with Crippen LogP contribution in [0.1, 0.15) is 0 Å². The molecule has 0 atom stereocenters. The quantitative estimate of drug-likeness (QED) is 0.489. The first kappa shape index (κ1) is 9.25. The van der Waals surface area contributed by atoms with Crippen LogP contribution in [-0.4, -0.2) is 10.3 Å². The zero-order chi connectivity index (χ0) is 3.58. The summed E-state index contributed by atoms with van der Waals surface area (Å²) in [6, 6.07) is 0. The number of rotatable bonds is 0. The van der Waals surface area contributed by atoms with Gasteiger partial charge in [-0.15, -0.1) is 0 Å². The molecule has 0 unspecified atom stereocenters. The number of aliphatic hydroxyl groups excluding tert-OH is 1. The summed E-state index contributed by atoms with van der Waals surface area (Å²) in [5, 5.41) is 7.06. The molecule has 0 saturated carbocycles. The minimum Gasteiger partial charge on any atom is -0.487 e. The first-order chi connectivity index (χ1) is 1.73. The minimum atomic E-state index is -0.500. The maximum atomic E-state index is 7.56. The molecule has 0 aromatic heterocycles. The van der Waals surface area contributed by atoms with Crippen molar-refractivity contribution in [2.24, 2.45) is 5.73 Å². The van der Waals surface area contributed by atoms with Crippen LogP contribution in [-0.2, 0) is 32.7 Å². The minimum absolute atomic E-state index is 0. The fourth-order valence-electron chi connectivity index (χ4n) is 0. The maximum Gasteiger partial charge on any atom is 0.251 e. The zero-order valence-corrected chi connectivity index (χ0v) is 6.16. The predicted octanol–water partition coefficient (Wildman–Crippen LogP) is -0.214. The van der Waals surface area contributed by atoms with Crippen LogP contribution in [0, 0.1) is 0 Å². The number of aliphatic hydroxyl groups is 1. The molecule has 0 aliphatic rings. The average molecular weight is 166 g/mol. The molecule has 5 heavy (non-hydrogen) atoms. The summed E-state index contributed by atoms with van der Waals surface area (Å²) in [6.45, 7) is 0. The molecule has 0 aliphatic carbocycles. The zero-order valence-electron chi connectivity index (χ0n) is 2.51. The van der Waals surface area contributed by atoms with Crippen LogP contribution >= 0.6 is 12.2 Å².